The molecule has 3 aliphatic rings. The first kappa shape index (κ1) is 38.0. The van der Waals surface area contributed by atoms with Crippen molar-refractivity contribution in [2.75, 3.05) is 4.90 Å². The van der Waals surface area contributed by atoms with E-state index in [0.717, 1.165) is 11.4 Å². The van der Waals surface area contributed by atoms with E-state index in [4.69, 9.17) is 0 Å². The van der Waals surface area contributed by atoms with Gasteiger partial charge in [-0.25, -0.2) is 0 Å². The Morgan fingerprint density at radius 2 is 0.908 bits per heavy atom. The van der Waals surface area contributed by atoms with Crippen LogP contribution in [0.4, 0.5) is 17.1 Å². The minimum atomic E-state index is -0.108. The summed E-state index contributed by atoms with van der Waals surface area (Å²) in [6.07, 6.45) is 4.94. The zero-order valence-corrected chi connectivity index (χ0v) is 37.0. The number of rotatable bonds is 6. The molecule has 0 bridgehead atoms. The van der Waals surface area contributed by atoms with Crippen molar-refractivity contribution in [2.24, 2.45) is 0 Å². The average molecular weight is 832 g/mol. The molecular weight excluding hydrogens is 783 g/mol. The summed E-state index contributed by atoms with van der Waals surface area (Å²) >= 11 is 0. The molecule has 0 N–H and O–H groups in total. The molecule has 0 aliphatic heterocycles. The van der Waals surface area contributed by atoms with Crippen LogP contribution in [-0.4, -0.2) is 0 Å². The lowest BCUT2D eigenvalue weighted by Gasteiger charge is -2.30. The summed E-state index contributed by atoms with van der Waals surface area (Å²) in [5.74, 6) is 0. The van der Waals surface area contributed by atoms with Crippen molar-refractivity contribution in [1.29, 1.82) is 0 Å². The number of nitrogens with zero attached hydrogens (tertiary/aromatic N) is 1. The Labute approximate surface area is 382 Å². The zero-order chi connectivity index (χ0) is 43.3. The van der Waals surface area contributed by atoms with Crippen molar-refractivity contribution in [2.45, 2.75) is 50.4 Å². The monoisotopic (exact) mass is 831 g/mol. The highest BCUT2D eigenvalue weighted by Crippen LogP contribution is 2.58. The fraction of sp³-hybridized carbons (Fsp3) is 0.125. The lowest BCUT2D eigenvalue weighted by atomic mass is 9.76. The fourth-order valence-electron chi connectivity index (χ4n) is 12.5. The molecule has 0 radical (unpaired) electrons. The van der Waals surface area contributed by atoms with E-state index in [0.29, 0.717) is 0 Å². The van der Waals surface area contributed by atoms with E-state index >= 15 is 0 Å². The summed E-state index contributed by atoms with van der Waals surface area (Å²) in [6.45, 7) is 4.77. The van der Waals surface area contributed by atoms with Gasteiger partial charge in [0, 0.05) is 27.9 Å². The molecule has 1 saturated carbocycles. The molecule has 1 fully saturated rings. The Kier molecular flexibility index (Phi) is 8.50. The smallest absolute Gasteiger partial charge is 0.0467 e. The molecule has 0 amide bonds. The van der Waals surface area contributed by atoms with Gasteiger partial charge in [0.05, 0.1) is 0 Å². The summed E-state index contributed by atoms with van der Waals surface area (Å²) in [7, 11) is 0. The van der Waals surface area contributed by atoms with Crippen LogP contribution in [0.2, 0.25) is 0 Å². The Morgan fingerprint density at radius 1 is 0.338 bits per heavy atom. The largest absolute Gasteiger partial charge is 0.310 e. The maximum atomic E-state index is 2.54. The molecule has 0 unspecified atom stereocenters. The first-order valence-corrected chi connectivity index (χ1v) is 23.5. The van der Waals surface area contributed by atoms with Crippen LogP contribution in [0.25, 0.3) is 77.2 Å². The molecule has 13 rings (SSSR count). The second-order valence-corrected chi connectivity index (χ2v) is 19.1. The average Bonchev–Trinajstić information content (AvgIpc) is 4.03. The third-order valence-electron chi connectivity index (χ3n) is 15.4. The van der Waals surface area contributed by atoms with Crippen LogP contribution in [0.15, 0.2) is 212 Å². The first-order valence-electron chi connectivity index (χ1n) is 23.5. The van der Waals surface area contributed by atoms with E-state index in [2.05, 4.69) is 231 Å². The van der Waals surface area contributed by atoms with Gasteiger partial charge >= 0.3 is 0 Å². The summed E-state index contributed by atoms with van der Waals surface area (Å²) in [5.41, 5.74) is 22.2. The topological polar surface area (TPSA) is 3.24 Å². The Balaban J connectivity index is 0.955. The number of anilines is 3. The second kappa shape index (κ2) is 14.5. The van der Waals surface area contributed by atoms with Crippen LogP contribution >= 0.6 is 0 Å². The Bertz CT molecular complexity index is 3530. The summed E-state index contributed by atoms with van der Waals surface area (Å²) in [4.78, 5) is 2.50. The SMILES string of the molecule is CC1(C)c2ccccc2-c2cccc(-c3ccccc3-c3ccc(N(c4cccc(-c5cccc6c5ccc5ccccc56)c4)c4ccc5c(c4)C4(CCCC4)c4ccccc4-5)cc3)c21. The quantitative estimate of drug-likeness (QED) is 0.151. The second-order valence-electron chi connectivity index (χ2n) is 19.1. The van der Waals surface area contributed by atoms with E-state index in [1.807, 2.05) is 0 Å². The van der Waals surface area contributed by atoms with Gasteiger partial charge < -0.3 is 4.90 Å². The minimum Gasteiger partial charge on any atom is -0.310 e. The number of benzene rings is 10. The number of hydrogen-bond acceptors (Lipinski definition) is 1. The molecular formula is C64H49N. The van der Waals surface area contributed by atoms with Crippen molar-refractivity contribution in [3.63, 3.8) is 0 Å². The molecule has 10 aromatic rings. The summed E-state index contributed by atoms with van der Waals surface area (Å²) < 4.78 is 0. The molecule has 65 heavy (non-hydrogen) atoms. The molecule has 1 nitrogen and oxygen atoms in total. The standard InChI is InChI=1S/C64H49N/c1-63(2)59-28-9-7-23-55(59)58-27-15-26-57(62(58)63)52-21-6-5-20-49(52)43-30-33-45(34-31-43)65(47-35-37-56-54-22-8-10-29-60(54)64(61(56)41-47)38-11-12-39-64)46-18-13-17-44(40-46)50-24-14-25-51-48-19-4-3-16-42(48)32-36-53(50)51/h3-10,13-37,40-41H,11-12,38-39H2,1-2H3. The van der Waals surface area contributed by atoms with E-state index in [-0.39, 0.29) is 10.8 Å². The molecule has 0 saturated heterocycles. The van der Waals surface area contributed by atoms with Gasteiger partial charge in [-0.15, -0.1) is 0 Å². The van der Waals surface area contributed by atoms with Gasteiger partial charge in [0.2, 0.25) is 0 Å². The molecule has 0 aromatic heterocycles. The van der Waals surface area contributed by atoms with Gasteiger partial charge in [0.25, 0.3) is 0 Å². The van der Waals surface area contributed by atoms with Crippen LogP contribution in [0.1, 0.15) is 61.8 Å². The van der Waals surface area contributed by atoms with Gasteiger partial charge in [-0.2, -0.15) is 0 Å². The predicted octanol–water partition coefficient (Wildman–Crippen LogP) is 17.6. The zero-order valence-electron chi connectivity index (χ0n) is 37.0. The van der Waals surface area contributed by atoms with Crippen molar-refractivity contribution < 1.29 is 0 Å². The molecule has 0 heterocycles. The fourth-order valence-corrected chi connectivity index (χ4v) is 12.5. The maximum absolute atomic E-state index is 2.54. The maximum Gasteiger partial charge on any atom is 0.0467 e. The van der Waals surface area contributed by atoms with Crippen LogP contribution in [0.5, 0.6) is 0 Å². The lowest BCUT2D eigenvalue weighted by Crippen LogP contribution is -2.21. The molecule has 310 valence electrons. The van der Waals surface area contributed by atoms with E-state index in [9.17, 15) is 0 Å². The van der Waals surface area contributed by atoms with Crippen LogP contribution in [0.3, 0.4) is 0 Å². The Morgan fingerprint density at radius 3 is 1.72 bits per heavy atom. The molecule has 1 spiro atoms. The molecule has 10 aromatic carbocycles. The summed E-state index contributed by atoms with van der Waals surface area (Å²) in [5, 5.41) is 5.11. The highest BCUT2D eigenvalue weighted by Gasteiger charge is 2.45. The summed E-state index contributed by atoms with van der Waals surface area (Å²) in [6, 6.07) is 79.9. The van der Waals surface area contributed by atoms with Crippen molar-refractivity contribution in [3.8, 4) is 55.6 Å². The minimum absolute atomic E-state index is 0.0717. The van der Waals surface area contributed by atoms with Crippen LogP contribution in [-0.2, 0) is 10.8 Å². The van der Waals surface area contributed by atoms with Gasteiger partial charge in [0.1, 0.15) is 0 Å². The first-order chi connectivity index (χ1) is 32.0. The van der Waals surface area contributed by atoms with Crippen LogP contribution < -0.4 is 4.90 Å². The highest BCUT2D eigenvalue weighted by molar-refractivity contribution is 6.12. The van der Waals surface area contributed by atoms with E-state index in [1.54, 1.807) is 0 Å². The predicted molar refractivity (Wildman–Crippen MR) is 275 cm³/mol. The Hall–Kier alpha value is -7.48. The molecule has 1 heteroatoms. The third kappa shape index (κ3) is 5.71. The van der Waals surface area contributed by atoms with E-state index in [1.165, 1.54) is 131 Å². The molecule has 0 atom stereocenters. The van der Waals surface area contributed by atoms with E-state index < -0.39 is 0 Å². The van der Waals surface area contributed by atoms with Crippen molar-refractivity contribution >= 4 is 38.6 Å². The van der Waals surface area contributed by atoms with Gasteiger partial charge in [-0.05, 0) is 149 Å². The third-order valence-corrected chi connectivity index (χ3v) is 15.4. The highest BCUT2D eigenvalue weighted by atomic mass is 15.1. The van der Waals surface area contributed by atoms with Crippen LogP contribution in [0, 0.1) is 0 Å². The normalized spacial score (nSPS) is 14.9. The number of hydrogen-bond donors (Lipinski definition) is 0. The van der Waals surface area contributed by atoms with Gasteiger partial charge in [0.15, 0.2) is 0 Å². The lowest BCUT2D eigenvalue weighted by molar-refractivity contribution is 0.550. The molecule has 3 aliphatic carbocycles. The van der Waals surface area contributed by atoms with Gasteiger partial charge in [-0.1, -0.05) is 203 Å². The van der Waals surface area contributed by atoms with Crippen molar-refractivity contribution in [1.82, 2.24) is 0 Å². The van der Waals surface area contributed by atoms with Crippen molar-refractivity contribution in [3.05, 3.63) is 235 Å². The number of fused-ring (bicyclic) bond motifs is 11. The van der Waals surface area contributed by atoms with Gasteiger partial charge in [-0.3, -0.25) is 0 Å².